The molecule has 30 heavy (non-hydrogen) atoms. The van der Waals surface area contributed by atoms with E-state index in [0.717, 1.165) is 11.5 Å². The van der Waals surface area contributed by atoms with E-state index in [0.29, 0.717) is 11.3 Å². The summed E-state index contributed by atoms with van der Waals surface area (Å²) in [5.41, 5.74) is -0.489. The Hall–Kier alpha value is -3.11. The first-order valence-electron chi connectivity index (χ1n) is 8.54. The number of methoxy groups -OCH3 is 2. The van der Waals surface area contributed by atoms with E-state index >= 15 is 0 Å². The van der Waals surface area contributed by atoms with Gasteiger partial charge in [-0.25, -0.2) is 21.6 Å². The minimum Gasteiger partial charge on any atom is -0.497 e. The number of fused-ring (bicyclic) bond motifs is 1. The van der Waals surface area contributed by atoms with Gasteiger partial charge in [0.2, 0.25) is 0 Å². The molecule has 3 rings (SSSR count). The lowest BCUT2D eigenvalue weighted by Crippen LogP contribution is -2.21. The van der Waals surface area contributed by atoms with Crippen LogP contribution in [-0.4, -0.2) is 36.1 Å². The van der Waals surface area contributed by atoms with Crippen LogP contribution in [0.2, 0.25) is 0 Å². The van der Waals surface area contributed by atoms with Gasteiger partial charge in [0.1, 0.15) is 17.1 Å². The predicted octanol–water partition coefficient (Wildman–Crippen LogP) is 2.63. The molecule has 0 N–H and O–H groups in total. The van der Waals surface area contributed by atoms with E-state index in [-0.39, 0.29) is 16.7 Å². The first-order chi connectivity index (χ1) is 14.1. The standard InChI is InChI=1S/C20H18O8S2/c1-26-15-8-6-14(7-9-15)10-11-29(22,23)13-30(24,25)19-12-16-17(27-2)4-3-5-18(16)28-20(19)21/h3-12H,13H2,1-2H3/b11-10-. The molecule has 0 bridgehead atoms. The Morgan fingerprint density at radius 1 is 0.967 bits per heavy atom. The highest BCUT2D eigenvalue weighted by Gasteiger charge is 2.27. The molecule has 2 aromatic carbocycles. The van der Waals surface area contributed by atoms with Crippen LogP contribution in [0.5, 0.6) is 11.5 Å². The number of ether oxygens (including phenoxy) is 2. The molecule has 158 valence electrons. The van der Waals surface area contributed by atoms with Crippen molar-refractivity contribution in [1.29, 1.82) is 0 Å². The minimum absolute atomic E-state index is 0.126. The van der Waals surface area contributed by atoms with E-state index in [1.807, 2.05) is 0 Å². The Balaban J connectivity index is 1.94. The van der Waals surface area contributed by atoms with Crippen molar-refractivity contribution in [3.8, 4) is 11.5 Å². The number of benzene rings is 2. The summed E-state index contributed by atoms with van der Waals surface area (Å²) in [6.45, 7) is 0. The summed E-state index contributed by atoms with van der Waals surface area (Å²) in [4.78, 5) is 11.4. The van der Waals surface area contributed by atoms with Crippen LogP contribution in [0, 0.1) is 0 Å². The Bertz CT molecular complexity index is 1370. The molecular formula is C20H18O8S2. The highest BCUT2D eigenvalue weighted by atomic mass is 32.3. The van der Waals surface area contributed by atoms with E-state index in [1.165, 1.54) is 26.4 Å². The van der Waals surface area contributed by atoms with Crippen molar-refractivity contribution in [2.75, 3.05) is 19.3 Å². The van der Waals surface area contributed by atoms with Crippen molar-refractivity contribution >= 4 is 36.7 Å². The fraction of sp³-hybridized carbons (Fsp3) is 0.150. The van der Waals surface area contributed by atoms with Crippen molar-refractivity contribution in [2.24, 2.45) is 0 Å². The fourth-order valence-electron chi connectivity index (χ4n) is 2.71. The third-order valence-corrected chi connectivity index (χ3v) is 8.22. The Kier molecular flexibility index (Phi) is 5.99. The second-order valence-electron chi connectivity index (χ2n) is 6.24. The number of sulfone groups is 2. The molecule has 0 atom stereocenters. The van der Waals surface area contributed by atoms with Crippen LogP contribution in [0.15, 0.2) is 68.0 Å². The molecule has 0 saturated heterocycles. The summed E-state index contributed by atoms with van der Waals surface area (Å²) in [6.07, 6.45) is 1.26. The highest BCUT2D eigenvalue weighted by molar-refractivity contribution is 8.09. The minimum atomic E-state index is -4.50. The van der Waals surface area contributed by atoms with Crippen LogP contribution < -0.4 is 15.1 Å². The second kappa shape index (κ2) is 8.33. The quantitative estimate of drug-likeness (QED) is 0.504. The smallest absolute Gasteiger partial charge is 0.355 e. The molecule has 0 spiro atoms. The summed E-state index contributed by atoms with van der Waals surface area (Å²) in [5.74, 6) is 0.881. The lowest BCUT2D eigenvalue weighted by molar-refractivity contribution is 0.415. The molecule has 0 fully saturated rings. The molecule has 0 aliphatic carbocycles. The van der Waals surface area contributed by atoms with Gasteiger partial charge in [0, 0.05) is 5.41 Å². The van der Waals surface area contributed by atoms with Gasteiger partial charge < -0.3 is 13.9 Å². The molecule has 1 aromatic heterocycles. The van der Waals surface area contributed by atoms with Gasteiger partial charge in [-0.3, -0.25) is 0 Å². The summed E-state index contributed by atoms with van der Waals surface area (Å²) in [5, 5.41) is -0.252. The van der Waals surface area contributed by atoms with Gasteiger partial charge in [0.25, 0.3) is 0 Å². The molecule has 1 heterocycles. The summed E-state index contributed by atoms with van der Waals surface area (Å²) < 4.78 is 65.3. The molecule has 3 aromatic rings. The average molecular weight is 450 g/mol. The number of rotatable bonds is 7. The van der Waals surface area contributed by atoms with Gasteiger partial charge in [0.05, 0.1) is 19.6 Å². The van der Waals surface area contributed by atoms with E-state index in [4.69, 9.17) is 13.9 Å². The van der Waals surface area contributed by atoms with E-state index < -0.39 is 35.3 Å². The zero-order valence-corrected chi connectivity index (χ0v) is 17.7. The van der Waals surface area contributed by atoms with Gasteiger partial charge in [-0.1, -0.05) is 18.2 Å². The van der Waals surface area contributed by atoms with Crippen LogP contribution in [0.25, 0.3) is 17.0 Å². The van der Waals surface area contributed by atoms with Crippen LogP contribution in [0.1, 0.15) is 5.56 Å². The van der Waals surface area contributed by atoms with Crippen LogP contribution >= 0.6 is 0 Å². The van der Waals surface area contributed by atoms with Gasteiger partial charge >= 0.3 is 5.63 Å². The highest BCUT2D eigenvalue weighted by Crippen LogP contribution is 2.26. The van der Waals surface area contributed by atoms with Gasteiger partial charge in [-0.15, -0.1) is 0 Å². The maximum absolute atomic E-state index is 12.7. The summed E-state index contributed by atoms with van der Waals surface area (Å²) >= 11 is 0. The molecular weight excluding hydrogens is 432 g/mol. The Morgan fingerprint density at radius 2 is 1.67 bits per heavy atom. The lowest BCUT2D eigenvalue weighted by Gasteiger charge is -2.07. The van der Waals surface area contributed by atoms with E-state index in [9.17, 15) is 21.6 Å². The molecule has 0 radical (unpaired) electrons. The molecule has 0 amide bonds. The third-order valence-electron chi connectivity index (χ3n) is 4.16. The normalized spacial score (nSPS) is 12.3. The SMILES string of the molecule is COc1ccc(/C=C\S(=O)(=O)CS(=O)(=O)c2cc3c(OC)cccc3oc2=O)cc1. The van der Waals surface area contributed by atoms with Crippen molar-refractivity contribution < 1.29 is 30.7 Å². The Morgan fingerprint density at radius 3 is 2.30 bits per heavy atom. The maximum Gasteiger partial charge on any atom is 0.355 e. The van der Waals surface area contributed by atoms with Crippen molar-refractivity contribution in [2.45, 2.75) is 4.90 Å². The predicted molar refractivity (Wildman–Crippen MR) is 112 cm³/mol. The molecule has 8 nitrogen and oxygen atoms in total. The second-order valence-corrected chi connectivity index (χ2v) is 10.5. The Labute approximate surface area is 173 Å². The first-order valence-corrected chi connectivity index (χ1v) is 11.9. The summed E-state index contributed by atoms with van der Waals surface area (Å²) in [7, 11) is -5.82. The number of hydrogen-bond acceptors (Lipinski definition) is 8. The lowest BCUT2D eigenvalue weighted by atomic mass is 10.2. The number of hydrogen-bond donors (Lipinski definition) is 0. The van der Waals surface area contributed by atoms with Crippen molar-refractivity contribution in [1.82, 2.24) is 0 Å². The molecule has 0 saturated carbocycles. The molecule has 0 aliphatic heterocycles. The van der Waals surface area contributed by atoms with Crippen LogP contribution in [0.3, 0.4) is 0 Å². The van der Waals surface area contributed by atoms with E-state index in [2.05, 4.69) is 0 Å². The summed E-state index contributed by atoms with van der Waals surface area (Å²) in [6, 6.07) is 12.2. The van der Waals surface area contributed by atoms with Gasteiger partial charge in [-0.05, 0) is 42.0 Å². The zero-order valence-electron chi connectivity index (χ0n) is 16.1. The monoisotopic (exact) mass is 450 g/mol. The van der Waals surface area contributed by atoms with E-state index in [1.54, 1.807) is 36.4 Å². The zero-order chi connectivity index (χ0) is 21.9. The topological polar surface area (TPSA) is 117 Å². The van der Waals surface area contributed by atoms with Crippen LogP contribution in [0.4, 0.5) is 0 Å². The fourth-order valence-corrected chi connectivity index (χ4v) is 6.22. The first kappa shape index (κ1) is 21.6. The average Bonchev–Trinajstić information content (AvgIpc) is 2.70. The van der Waals surface area contributed by atoms with Gasteiger partial charge in [0.15, 0.2) is 29.7 Å². The van der Waals surface area contributed by atoms with Gasteiger partial charge in [-0.2, -0.15) is 0 Å². The maximum atomic E-state index is 12.7. The molecule has 10 heteroatoms. The molecule has 0 aliphatic rings. The van der Waals surface area contributed by atoms with Crippen molar-refractivity contribution in [3.63, 3.8) is 0 Å². The largest absolute Gasteiger partial charge is 0.497 e. The molecule has 0 unspecified atom stereocenters. The third kappa shape index (κ3) is 4.71. The van der Waals surface area contributed by atoms with Crippen molar-refractivity contribution in [3.05, 3.63) is 69.9 Å². The van der Waals surface area contributed by atoms with Crippen LogP contribution in [-0.2, 0) is 19.7 Å².